The smallest absolute Gasteiger partial charge is 0.282 e. The van der Waals surface area contributed by atoms with Crippen molar-refractivity contribution in [1.29, 1.82) is 0 Å². The maximum Gasteiger partial charge on any atom is 0.282 e. The number of sulfonamides is 1. The summed E-state index contributed by atoms with van der Waals surface area (Å²) in [4.78, 5) is 2.52. The first-order valence-corrected chi connectivity index (χ1v) is 9.63. The minimum Gasteiger partial charge on any atom is -0.294 e. The number of likely N-dealkylation sites (tertiary alicyclic amines) is 1. The quantitative estimate of drug-likeness (QED) is 0.855. The van der Waals surface area contributed by atoms with Crippen molar-refractivity contribution in [1.82, 2.24) is 4.90 Å². The molecule has 0 N–H and O–H groups in total. The molecule has 0 bridgehead atoms. The Labute approximate surface area is 143 Å². The van der Waals surface area contributed by atoms with Gasteiger partial charge in [0.1, 0.15) is 0 Å². The zero-order valence-electron chi connectivity index (χ0n) is 13.9. The average Bonchev–Trinajstić information content (AvgIpc) is 2.56. The van der Waals surface area contributed by atoms with E-state index in [1.165, 1.54) is 5.56 Å². The minimum absolute atomic E-state index is 0.265. The van der Waals surface area contributed by atoms with E-state index in [2.05, 4.69) is 21.4 Å². The van der Waals surface area contributed by atoms with Crippen LogP contribution < -0.4 is 0 Å². The molecule has 0 unspecified atom stereocenters. The first kappa shape index (κ1) is 16.9. The maximum atomic E-state index is 12.5. The molecule has 1 fully saturated rings. The predicted octanol–water partition coefficient (Wildman–Crippen LogP) is 3.42. The Morgan fingerprint density at radius 3 is 2.46 bits per heavy atom. The van der Waals surface area contributed by atoms with Crippen molar-refractivity contribution in [2.75, 3.05) is 13.1 Å². The van der Waals surface area contributed by atoms with E-state index in [4.69, 9.17) is 0 Å². The van der Waals surface area contributed by atoms with Crippen LogP contribution in [0.4, 0.5) is 0 Å². The molecule has 2 aromatic carbocycles. The zero-order chi connectivity index (χ0) is 17.0. The molecule has 0 spiro atoms. The van der Waals surface area contributed by atoms with Gasteiger partial charge < -0.3 is 0 Å². The molecular weight excluding hydrogens is 320 g/mol. The van der Waals surface area contributed by atoms with Crippen LogP contribution in [0.1, 0.15) is 24.0 Å². The third kappa shape index (κ3) is 4.30. The molecular formula is C19H22N2O2S. The van der Waals surface area contributed by atoms with E-state index < -0.39 is 10.0 Å². The molecule has 24 heavy (non-hydrogen) atoms. The van der Waals surface area contributed by atoms with Gasteiger partial charge in [-0.25, -0.2) is 0 Å². The molecule has 1 heterocycles. The van der Waals surface area contributed by atoms with E-state index in [-0.39, 0.29) is 4.90 Å². The Hall–Kier alpha value is -1.98. The minimum atomic E-state index is -3.61. The van der Waals surface area contributed by atoms with Gasteiger partial charge in [-0.15, -0.1) is 0 Å². The summed E-state index contributed by atoms with van der Waals surface area (Å²) in [6.45, 7) is 4.34. The van der Waals surface area contributed by atoms with Crippen LogP contribution in [-0.2, 0) is 16.6 Å². The summed E-state index contributed by atoms with van der Waals surface area (Å²) in [7, 11) is -3.61. The summed E-state index contributed by atoms with van der Waals surface area (Å²) in [6.07, 6.45) is 1.69. The molecule has 5 heteroatoms. The maximum absolute atomic E-state index is 12.5. The monoisotopic (exact) mass is 342 g/mol. The standard InChI is InChI=1S/C19H22N2O2S/c1-16-9-11-19(12-10-16)24(22,23)20-18-8-5-13-21(15-18)14-17-6-3-2-4-7-17/h2-4,6-7,9-12H,5,8,13-15H2,1H3. The highest BCUT2D eigenvalue weighted by Gasteiger charge is 2.19. The Morgan fingerprint density at radius 1 is 1.04 bits per heavy atom. The third-order valence-electron chi connectivity index (χ3n) is 4.16. The van der Waals surface area contributed by atoms with Crippen molar-refractivity contribution < 1.29 is 8.42 Å². The van der Waals surface area contributed by atoms with Crippen LogP contribution in [0.5, 0.6) is 0 Å². The Kier molecular flexibility index (Phi) is 5.11. The van der Waals surface area contributed by atoms with Crippen molar-refractivity contribution in [3.05, 3.63) is 65.7 Å². The fourth-order valence-corrected chi connectivity index (χ4v) is 3.98. The van der Waals surface area contributed by atoms with Crippen molar-refractivity contribution in [2.24, 2.45) is 4.40 Å². The van der Waals surface area contributed by atoms with Gasteiger partial charge in [-0.2, -0.15) is 12.8 Å². The van der Waals surface area contributed by atoms with Crippen LogP contribution in [0.25, 0.3) is 0 Å². The summed E-state index contributed by atoms with van der Waals surface area (Å²) in [6, 6.07) is 17.1. The summed E-state index contributed by atoms with van der Waals surface area (Å²) in [5.41, 5.74) is 3.02. The van der Waals surface area contributed by atoms with Crippen molar-refractivity contribution in [3.63, 3.8) is 0 Å². The number of hydrogen-bond donors (Lipinski definition) is 0. The van der Waals surface area contributed by atoms with E-state index in [0.717, 1.165) is 37.2 Å². The molecule has 4 nitrogen and oxygen atoms in total. The largest absolute Gasteiger partial charge is 0.294 e. The highest BCUT2D eigenvalue weighted by molar-refractivity contribution is 7.90. The molecule has 0 aromatic heterocycles. The van der Waals surface area contributed by atoms with Crippen LogP contribution >= 0.6 is 0 Å². The number of rotatable bonds is 4. The van der Waals surface area contributed by atoms with Gasteiger partial charge in [-0.1, -0.05) is 48.0 Å². The van der Waals surface area contributed by atoms with Gasteiger partial charge in [-0.3, -0.25) is 4.90 Å². The van der Waals surface area contributed by atoms with Gasteiger partial charge in [0, 0.05) is 18.8 Å². The molecule has 3 rings (SSSR count). The van der Waals surface area contributed by atoms with E-state index in [1.807, 2.05) is 25.1 Å². The van der Waals surface area contributed by atoms with Gasteiger partial charge in [0.25, 0.3) is 10.0 Å². The fraction of sp³-hybridized carbons (Fsp3) is 0.316. The van der Waals surface area contributed by atoms with Gasteiger partial charge in [0.2, 0.25) is 0 Å². The summed E-state index contributed by atoms with van der Waals surface area (Å²) >= 11 is 0. The van der Waals surface area contributed by atoms with Crippen molar-refractivity contribution >= 4 is 15.7 Å². The lowest BCUT2D eigenvalue weighted by Gasteiger charge is -2.27. The average molecular weight is 342 g/mol. The number of hydrogen-bond acceptors (Lipinski definition) is 3. The fourth-order valence-electron chi connectivity index (χ4n) is 2.91. The van der Waals surface area contributed by atoms with Gasteiger partial charge in [-0.05, 0) is 44.0 Å². The van der Waals surface area contributed by atoms with Crippen LogP contribution in [0.3, 0.4) is 0 Å². The molecule has 0 saturated carbocycles. The second-order valence-electron chi connectivity index (χ2n) is 6.25. The molecule has 1 aliphatic heterocycles. The molecule has 126 valence electrons. The number of nitrogens with zero attached hydrogens (tertiary/aromatic N) is 2. The number of aryl methyl sites for hydroxylation is 1. The van der Waals surface area contributed by atoms with E-state index in [1.54, 1.807) is 24.3 Å². The second kappa shape index (κ2) is 7.28. The first-order valence-electron chi connectivity index (χ1n) is 8.19. The Bertz CT molecular complexity index is 812. The Balaban J connectivity index is 1.73. The van der Waals surface area contributed by atoms with Crippen LogP contribution in [0.2, 0.25) is 0 Å². The van der Waals surface area contributed by atoms with Crippen LogP contribution in [-0.4, -0.2) is 32.1 Å². The molecule has 0 aliphatic carbocycles. The van der Waals surface area contributed by atoms with E-state index in [0.29, 0.717) is 6.54 Å². The van der Waals surface area contributed by atoms with Gasteiger partial charge in [0.05, 0.1) is 4.90 Å². The van der Waals surface area contributed by atoms with Crippen molar-refractivity contribution in [3.8, 4) is 0 Å². The SMILES string of the molecule is Cc1ccc(S(=O)(=O)N=C2CCCN(Cc3ccccc3)C2)cc1. The topological polar surface area (TPSA) is 49.7 Å². The lowest BCUT2D eigenvalue weighted by atomic mass is 10.1. The lowest BCUT2D eigenvalue weighted by Crippen LogP contribution is -2.35. The second-order valence-corrected chi connectivity index (χ2v) is 7.85. The molecule has 2 aromatic rings. The van der Waals surface area contributed by atoms with E-state index >= 15 is 0 Å². The summed E-state index contributed by atoms with van der Waals surface area (Å²) < 4.78 is 29.0. The lowest BCUT2D eigenvalue weighted by molar-refractivity contribution is 0.284. The molecule has 0 radical (unpaired) electrons. The normalized spacial score (nSPS) is 18.0. The third-order valence-corrected chi connectivity index (χ3v) is 5.53. The highest BCUT2D eigenvalue weighted by Crippen LogP contribution is 2.17. The molecule has 1 saturated heterocycles. The Morgan fingerprint density at radius 2 is 1.75 bits per heavy atom. The molecule has 0 atom stereocenters. The van der Waals surface area contributed by atoms with E-state index in [9.17, 15) is 8.42 Å². The molecule has 0 amide bonds. The van der Waals surface area contributed by atoms with Gasteiger partial charge >= 0.3 is 0 Å². The summed E-state index contributed by atoms with van der Waals surface area (Å²) in [5.74, 6) is 0. The predicted molar refractivity (Wildman–Crippen MR) is 96.8 cm³/mol. The number of benzene rings is 2. The number of piperidine rings is 1. The molecule has 1 aliphatic rings. The first-order chi connectivity index (χ1) is 11.5. The van der Waals surface area contributed by atoms with Crippen molar-refractivity contribution in [2.45, 2.75) is 31.2 Å². The highest BCUT2D eigenvalue weighted by atomic mass is 32.2. The van der Waals surface area contributed by atoms with Gasteiger partial charge in [0.15, 0.2) is 0 Å². The van der Waals surface area contributed by atoms with Crippen LogP contribution in [0, 0.1) is 6.92 Å². The van der Waals surface area contributed by atoms with Crippen LogP contribution in [0.15, 0.2) is 63.9 Å². The zero-order valence-corrected chi connectivity index (χ0v) is 14.7. The summed E-state index contributed by atoms with van der Waals surface area (Å²) in [5, 5.41) is 0.